The fourth-order valence-electron chi connectivity index (χ4n) is 3.40. The number of rotatable bonds is 2. The zero-order valence-electron chi connectivity index (χ0n) is 11.9. The van der Waals surface area contributed by atoms with Crippen molar-refractivity contribution in [1.82, 2.24) is 0 Å². The van der Waals surface area contributed by atoms with Gasteiger partial charge in [-0.15, -0.1) is 0 Å². The molecular formula is C16H20ClNO3. The summed E-state index contributed by atoms with van der Waals surface area (Å²) in [6.07, 6.45) is 6.02. The Bertz CT molecular complexity index is 520. The van der Waals surface area contributed by atoms with Gasteiger partial charge in [0, 0.05) is 23.6 Å². The van der Waals surface area contributed by atoms with E-state index in [4.69, 9.17) is 26.8 Å². The van der Waals surface area contributed by atoms with Crippen molar-refractivity contribution >= 4 is 23.3 Å². The third-order valence-electron chi connectivity index (χ3n) is 4.39. The average Bonchev–Trinajstić information content (AvgIpc) is 2.85. The molecule has 0 bridgehead atoms. The zero-order chi connectivity index (χ0) is 14.9. The Morgan fingerprint density at radius 3 is 2.81 bits per heavy atom. The van der Waals surface area contributed by atoms with Gasteiger partial charge in [-0.3, -0.25) is 0 Å². The number of carbonyl (C=O) groups is 1. The van der Waals surface area contributed by atoms with Gasteiger partial charge in [-0.2, -0.15) is 0 Å². The van der Waals surface area contributed by atoms with Crippen LogP contribution in [0.4, 0.5) is 5.69 Å². The predicted molar refractivity (Wildman–Crippen MR) is 81.5 cm³/mol. The Labute approximate surface area is 129 Å². The van der Waals surface area contributed by atoms with Gasteiger partial charge in [-0.05, 0) is 31.0 Å². The molecule has 1 aliphatic heterocycles. The average molecular weight is 310 g/mol. The van der Waals surface area contributed by atoms with Crippen LogP contribution in [0.5, 0.6) is 0 Å². The van der Waals surface area contributed by atoms with E-state index in [0.29, 0.717) is 22.9 Å². The van der Waals surface area contributed by atoms with Crippen LogP contribution < -0.4 is 5.73 Å². The first-order chi connectivity index (χ1) is 10.1. The number of anilines is 1. The van der Waals surface area contributed by atoms with E-state index < -0.39 is 0 Å². The molecule has 2 N–H and O–H groups in total. The van der Waals surface area contributed by atoms with Crippen LogP contribution in [0.2, 0.25) is 5.02 Å². The van der Waals surface area contributed by atoms with Gasteiger partial charge in [0.05, 0.1) is 17.8 Å². The van der Waals surface area contributed by atoms with Crippen LogP contribution in [0.15, 0.2) is 18.2 Å². The molecule has 2 aliphatic rings. The van der Waals surface area contributed by atoms with Crippen LogP contribution in [0.1, 0.15) is 48.9 Å². The second kappa shape index (κ2) is 5.85. The van der Waals surface area contributed by atoms with Gasteiger partial charge in [0.2, 0.25) is 0 Å². The van der Waals surface area contributed by atoms with E-state index in [1.165, 1.54) is 12.8 Å². The Balaban J connectivity index is 1.66. The highest BCUT2D eigenvalue weighted by Crippen LogP contribution is 2.40. The summed E-state index contributed by atoms with van der Waals surface area (Å²) < 4.78 is 11.6. The Hall–Kier alpha value is -1.26. The van der Waals surface area contributed by atoms with E-state index in [9.17, 15) is 4.79 Å². The highest BCUT2D eigenvalue weighted by atomic mass is 35.5. The summed E-state index contributed by atoms with van der Waals surface area (Å²) in [4.78, 5) is 12.2. The van der Waals surface area contributed by atoms with Crippen LogP contribution in [0, 0.1) is 0 Å². The van der Waals surface area contributed by atoms with E-state index >= 15 is 0 Å². The number of halogens is 1. The fraction of sp³-hybridized carbons (Fsp3) is 0.562. The standard InChI is InChI=1S/C16H20ClNO3/c17-12-7-11(8-13(18)9-12)15(19)21-14-3-6-20-16(10-14)4-1-2-5-16/h7-9,14H,1-6,10,18H2. The highest BCUT2D eigenvalue weighted by molar-refractivity contribution is 6.31. The summed E-state index contributed by atoms with van der Waals surface area (Å²) in [7, 11) is 0. The molecule has 114 valence electrons. The van der Waals surface area contributed by atoms with E-state index in [1.807, 2.05) is 0 Å². The largest absolute Gasteiger partial charge is 0.459 e. The minimum atomic E-state index is -0.357. The van der Waals surface area contributed by atoms with Gasteiger partial charge < -0.3 is 15.2 Å². The normalized spacial score (nSPS) is 24.1. The zero-order valence-corrected chi connectivity index (χ0v) is 12.7. The van der Waals surface area contributed by atoms with Crippen molar-refractivity contribution < 1.29 is 14.3 Å². The molecule has 1 aromatic rings. The van der Waals surface area contributed by atoms with Crippen LogP contribution in [0.25, 0.3) is 0 Å². The summed E-state index contributed by atoms with van der Waals surface area (Å²) in [5, 5.41) is 0.446. The molecule has 1 saturated heterocycles. The van der Waals surface area contributed by atoms with Crippen LogP contribution in [-0.4, -0.2) is 24.3 Å². The molecule has 3 rings (SSSR count). The lowest BCUT2D eigenvalue weighted by Gasteiger charge is -2.37. The first kappa shape index (κ1) is 14.7. The molecule has 1 unspecified atom stereocenters. The predicted octanol–water partition coefficient (Wildman–Crippen LogP) is 3.57. The summed E-state index contributed by atoms with van der Waals surface area (Å²) >= 11 is 5.93. The second-order valence-electron chi connectivity index (χ2n) is 6.03. The Kier molecular flexibility index (Phi) is 4.09. The van der Waals surface area contributed by atoms with Crippen LogP contribution in [-0.2, 0) is 9.47 Å². The molecule has 1 spiro atoms. The molecule has 1 atom stereocenters. The van der Waals surface area contributed by atoms with Gasteiger partial charge in [0.25, 0.3) is 0 Å². The minimum Gasteiger partial charge on any atom is -0.459 e. The summed E-state index contributed by atoms with van der Waals surface area (Å²) in [6.45, 7) is 0.662. The Morgan fingerprint density at radius 2 is 2.10 bits per heavy atom. The van der Waals surface area contributed by atoms with Crippen molar-refractivity contribution in [2.75, 3.05) is 12.3 Å². The van der Waals surface area contributed by atoms with Gasteiger partial charge in [-0.25, -0.2) is 4.79 Å². The van der Waals surface area contributed by atoms with E-state index in [1.54, 1.807) is 18.2 Å². The van der Waals surface area contributed by atoms with Gasteiger partial charge in [0.15, 0.2) is 0 Å². The molecule has 0 aromatic heterocycles. The fourth-order valence-corrected chi connectivity index (χ4v) is 3.64. The van der Waals surface area contributed by atoms with Crippen molar-refractivity contribution in [3.63, 3.8) is 0 Å². The molecule has 1 aliphatic carbocycles. The maximum atomic E-state index is 12.2. The minimum absolute atomic E-state index is 0.0590. The molecule has 2 fully saturated rings. The molecule has 0 radical (unpaired) electrons. The topological polar surface area (TPSA) is 61.6 Å². The van der Waals surface area contributed by atoms with Crippen LogP contribution in [0.3, 0.4) is 0 Å². The number of carbonyl (C=O) groups excluding carboxylic acids is 1. The SMILES string of the molecule is Nc1cc(Cl)cc(C(=O)OC2CCOC3(CCCC3)C2)c1. The first-order valence-electron chi connectivity index (χ1n) is 7.47. The second-order valence-corrected chi connectivity index (χ2v) is 6.47. The van der Waals surface area contributed by atoms with E-state index in [2.05, 4.69) is 0 Å². The maximum Gasteiger partial charge on any atom is 0.338 e. The molecule has 0 amide bonds. The maximum absolute atomic E-state index is 12.2. The molecular weight excluding hydrogens is 290 g/mol. The van der Waals surface area contributed by atoms with Gasteiger partial charge in [0.1, 0.15) is 6.10 Å². The van der Waals surface area contributed by atoms with Crippen molar-refractivity contribution in [1.29, 1.82) is 0 Å². The van der Waals surface area contributed by atoms with Gasteiger partial charge in [-0.1, -0.05) is 24.4 Å². The molecule has 5 heteroatoms. The molecule has 21 heavy (non-hydrogen) atoms. The van der Waals surface area contributed by atoms with E-state index in [-0.39, 0.29) is 17.7 Å². The summed E-state index contributed by atoms with van der Waals surface area (Å²) in [5.41, 5.74) is 6.53. The summed E-state index contributed by atoms with van der Waals surface area (Å²) in [5.74, 6) is -0.357. The summed E-state index contributed by atoms with van der Waals surface area (Å²) in [6, 6.07) is 4.80. The van der Waals surface area contributed by atoms with Crippen molar-refractivity contribution in [3.05, 3.63) is 28.8 Å². The number of ether oxygens (including phenoxy) is 2. The number of hydrogen-bond acceptors (Lipinski definition) is 4. The van der Waals surface area contributed by atoms with Crippen molar-refractivity contribution in [2.24, 2.45) is 0 Å². The van der Waals surface area contributed by atoms with Crippen molar-refractivity contribution in [3.8, 4) is 0 Å². The third-order valence-corrected chi connectivity index (χ3v) is 4.61. The molecule has 1 aromatic carbocycles. The smallest absolute Gasteiger partial charge is 0.338 e. The highest BCUT2D eigenvalue weighted by Gasteiger charge is 2.41. The van der Waals surface area contributed by atoms with Crippen molar-refractivity contribution in [2.45, 2.75) is 50.2 Å². The molecule has 4 nitrogen and oxygen atoms in total. The number of nitrogen functional groups attached to an aromatic ring is 1. The number of esters is 1. The number of nitrogens with two attached hydrogens (primary N) is 1. The quantitative estimate of drug-likeness (QED) is 0.670. The lowest BCUT2D eigenvalue weighted by molar-refractivity contribution is -0.117. The first-order valence-corrected chi connectivity index (χ1v) is 7.85. The van der Waals surface area contributed by atoms with E-state index in [0.717, 1.165) is 25.7 Å². The molecule has 1 heterocycles. The number of benzene rings is 1. The monoisotopic (exact) mass is 309 g/mol. The number of hydrogen-bond donors (Lipinski definition) is 1. The Morgan fingerprint density at radius 1 is 1.33 bits per heavy atom. The third kappa shape index (κ3) is 3.33. The lowest BCUT2D eigenvalue weighted by atomic mass is 9.90. The lowest BCUT2D eigenvalue weighted by Crippen LogP contribution is -2.41. The van der Waals surface area contributed by atoms with Crippen LogP contribution >= 0.6 is 11.6 Å². The molecule has 1 saturated carbocycles. The van der Waals surface area contributed by atoms with Gasteiger partial charge >= 0.3 is 5.97 Å².